The molecule has 0 spiro atoms. The van der Waals surface area contributed by atoms with E-state index in [4.69, 9.17) is 17.0 Å². The molecule has 0 bridgehead atoms. The summed E-state index contributed by atoms with van der Waals surface area (Å²) in [4.78, 5) is 2.10. The SMILES string of the molecule is CCNC(=S)N(C)C1COC(C)(C)C1. The molecule has 1 aliphatic rings. The Morgan fingerprint density at radius 1 is 1.64 bits per heavy atom. The highest BCUT2D eigenvalue weighted by molar-refractivity contribution is 7.80. The van der Waals surface area contributed by atoms with Crippen LogP contribution in [-0.2, 0) is 4.74 Å². The van der Waals surface area contributed by atoms with E-state index in [-0.39, 0.29) is 5.60 Å². The standard InChI is InChI=1S/C10H20N2OS/c1-5-11-9(14)12(4)8-6-10(2,3)13-7-8/h8H,5-7H2,1-4H3,(H,11,14). The van der Waals surface area contributed by atoms with E-state index in [1.54, 1.807) is 0 Å². The molecular weight excluding hydrogens is 196 g/mol. The molecule has 0 saturated carbocycles. The van der Waals surface area contributed by atoms with Crippen LogP contribution in [0.4, 0.5) is 0 Å². The van der Waals surface area contributed by atoms with Crippen molar-refractivity contribution in [2.75, 3.05) is 20.2 Å². The van der Waals surface area contributed by atoms with Crippen molar-refractivity contribution in [2.45, 2.75) is 38.8 Å². The molecule has 1 unspecified atom stereocenters. The molecule has 1 aliphatic heterocycles. The van der Waals surface area contributed by atoms with Crippen molar-refractivity contribution in [2.24, 2.45) is 0 Å². The van der Waals surface area contributed by atoms with E-state index in [9.17, 15) is 0 Å². The summed E-state index contributed by atoms with van der Waals surface area (Å²) in [5, 5.41) is 3.97. The Bertz CT molecular complexity index is 218. The van der Waals surface area contributed by atoms with Gasteiger partial charge in [0.15, 0.2) is 5.11 Å². The summed E-state index contributed by atoms with van der Waals surface area (Å²) in [5.41, 5.74) is 0.000749. The third kappa shape index (κ3) is 2.82. The lowest BCUT2D eigenvalue weighted by atomic mass is 10.0. The summed E-state index contributed by atoms with van der Waals surface area (Å²) in [6.45, 7) is 7.94. The molecule has 0 aromatic carbocycles. The van der Waals surface area contributed by atoms with E-state index >= 15 is 0 Å². The fraction of sp³-hybridized carbons (Fsp3) is 0.900. The quantitative estimate of drug-likeness (QED) is 0.705. The van der Waals surface area contributed by atoms with Crippen LogP contribution < -0.4 is 5.32 Å². The second kappa shape index (κ2) is 4.45. The van der Waals surface area contributed by atoms with Gasteiger partial charge < -0.3 is 15.0 Å². The minimum Gasteiger partial charge on any atom is -0.373 e. The van der Waals surface area contributed by atoms with Gasteiger partial charge in [-0.1, -0.05) is 0 Å². The van der Waals surface area contributed by atoms with Crippen molar-refractivity contribution in [1.29, 1.82) is 0 Å². The molecule has 3 nitrogen and oxygen atoms in total. The van der Waals surface area contributed by atoms with Crippen LogP contribution in [0.5, 0.6) is 0 Å². The minimum atomic E-state index is 0.000749. The van der Waals surface area contributed by atoms with Gasteiger partial charge in [0, 0.05) is 13.6 Å². The predicted molar refractivity (Wildman–Crippen MR) is 62.5 cm³/mol. The van der Waals surface area contributed by atoms with E-state index in [0.717, 1.165) is 24.7 Å². The molecule has 0 aromatic rings. The van der Waals surface area contributed by atoms with Crippen molar-refractivity contribution in [3.8, 4) is 0 Å². The second-order valence-electron chi connectivity index (χ2n) is 4.38. The second-order valence-corrected chi connectivity index (χ2v) is 4.76. The predicted octanol–water partition coefficient (Wildman–Crippen LogP) is 1.38. The summed E-state index contributed by atoms with van der Waals surface area (Å²) in [5.74, 6) is 0. The first-order valence-corrected chi connectivity index (χ1v) is 5.51. The maximum absolute atomic E-state index is 5.67. The Morgan fingerprint density at radius 2 is 2.29 bits per heavy atom. The highest BCUT2D eigenvalue weighted by Gasteiger charge is 2.34. The fourth-order valence-electron chi connectivity index (χ4n) is 1.70. The van der Waals surface area contributed by atoms with Crippen LogP contribution in [0.3, 0.4) is 0 Å². The zero-order chi connectivity index (χ0) is 10.8. The maximum Gasteiger partial charge on any atom is 0.168 e. The summed E-state index contributed by atoms with van der Waals surface area (Å²) in [7, 11) is 2.03. The van der Waals surface area contributed by atoms with Crippen LogP contribution in [0.1, 0.15) is 27.2 Å². The third-order valence-corrected chi connectivity index (χ3v) is 3.02. The molecule has 1 heterocycles. The van der Waals surface area contributed by atoms with Crippen LogP contribution in [0.2, 0.25) is 0 Å². The van der Waals surface area contributed by atoms with E-state index in [1.807, 2.05) is 7.05 Å². The lowest BCUT2D eigenvalue weighted by Crippen LogP contribution is -2.44. The summed E-state index contributed by atoms with van der Waals surface area (Å²) in [6.07, 6.45) is 1.04. The molecular formula is C10H20N2OS. The topological polar surface area (TPSA) is 24.5 Å². The average Bonchev–Trinajstić information content (AvgIpc) is 2.45. The normalized spacial score (nSPS) is 24.7. The van der Waals surface area contributed by atoms with Gasteiger partial charge in [0.05, 0.1) is 18.2 Å². The zero-order valence-electron chi connectivity index (χ0n) is 9.46. The first kappa shape index (κ1) is 11.7. The van der Waals surface area contributed by atoms with Crippen LogP contribution in [-0.4, -0.2) is 41.9 Å². The molecule has 1 fully saturated rings. The van der Waals surface area contributed by atoms with Crippen LogP contribution >= 0.6 is 12.2 Å². The molecule has 0 radical (unpaired) electrons. The first-order chi connectivity index (χ1) is 6.46. The molecule has 1 N–H and O–H groups in total. The molecule has 0 aromatic heterocycles. The number of rotatable bonds is 2. The number of ether oxygens (including phenoxy) is 1. The number of nitrogens with one attached hydrogen (secondary N) is 1. The van der Waals surface area contributed by atoms with Crippen molar-refractivity contribution in [3.05, 3.63) is 0 Å². The zero-order valence-corrected chi connectivity index (χ0v) is 10.3. The Balaban J connectivity index is 2.46. The van der Waals surface area contributed by atoms with Gasteiger partial charge >= 0.3 is 0 Å². The smallest absolute Gasteiger partial charge is 0.168 e. The molecule has 1 saturated heterocycles. The number of likely N-dealkylation sites (N-methyl/N-ethyl adjacent to an activating group) is 1. The van der Waals surface area contributed by atoms with Gasteiger partial charge in [-0.2, -0.15) is 0 Å². The summed E-state index contributed by atoms with van der Waals surface area (Å²) < 4.78 is 5.67. The number of hydrogen-bond donors (Lipinski definition) is 1. The van der Waals surface area contributed by atoms with Crippen LogP contribution in [0, 0.1) is 0 Å². The molecule has 82 valence electrons. The molecule has 4 heteroatoms. The van der Waals surface area contributed by atoms with Crippen molar-refractivity contribution in [3.63, 3.8) is 0 Å². The van der Waals surface area contributed by atoms with Crippen molar-refractivity contribution >= 4 is 17.3 Å². The van der Waals surface area contributed by atoms with Gasteiger partial charge in [-0.15, -0.1) is 0 Å². The van der Waals surface area contributed by atoms with Gasteiger partial charge in [0.2, 0.25) is 0 Å². The monoisotopic (exact) mass is 216 g/mol. The van der Waals surface area contributed by atoms with Gasteiger partial charge in [-0.3, -0.25) is 0 Å². The molecule has 0 amide bonds. The average molecular weight is 216 g/mol. The first-order valence-electron chi connectivity index (χ1n) is 5.11. The summed E-state index contributed by atoms with van der Waals surface area (Å²) in [6, 6.07) is 0.413. The summed E-state index contributed by atoms with van der Waals surface area (Å²) >= 11 is 5.25. The molecule has 1 rings (SSSR count). The molecule has 1 atom stereocenters. The van der Waals surface area contributed by atoms with Crippen LogP contribution in [0.15, 0.2) is 0 Å². The number of hydrogen-bond acceptors (Lipinski definition) is 2. The fourth-order valence-corrected chi connectivity index (χ4v) is 1.99. The lowest BCUT2D eigenvalue weighted by Gasteiger charge is -2.26. The number of thiocarbonyl (C=S) groups is 1. The molecule has 14 heavy (non-hydrogen) atoms. The minimum absolute atomic E-state index is 0.000749. The largest absolute Gasteiger partial charge is 0.373 e. The highest BCUT2D eigenvalue weighted by atomic mass is 32.1. The highest BCUT2D eigenvalue weighted by Crippen LogP contribution is 2.27. The van der Waals surface area contributed by atoms with E-state index < -0.39 is 0 Å². The number of nitrogens with zero attached hydrogens (tertiary/aromatic N) is 1. The van der Waals surface area contributed by atoms with E-state index in [2.05, 4.69) is 31.0 Å². The molecule has 0 aliphatic carbocycles. The van der Waals surface area contributed by atoms with Gasteiger partial charge in [-0.05, 0) is 39.4 Å². The van der Waals surface area contributed by atoms with Gasteiger partial charge in [0.1, 0.15) is 0 Å². The van der Waals surface area contributed by atoms with Crippen LogP contribution in [0.25, 0.3) is 0 Å². The van der Waals surface area contributed by atoms with E-state index in [0.29, 0.717) is 6.04 Å². The van der Waals surface area contributed by atoms with Gasteiger partial charge in [0.25, 0.3) is 0 Å². The lowest BCUT2D eigenvalue weighted by molar-refractivity contribution is 0.0347. The Hall–Kier alpha value is -0.350. The maximum atomic E-state index is 5.67. The Kier molecular flexibility index (Phi) is 3.72. The van der Waals surface area contributed by atoms with E-state index in [1.165, 1.54) is 0 Å². The van der Waals surface area contributed by atoms with Crippen molar-refractivity contribution in [1.82, 2.24) is 10.2 Å². The van der Waals surface area contributed by atoms with Gasteiger partial charge in [-0.25, -0.2) is 0 Å². The van der Waals surface area contributed by atoms with Crippen molar-refractivity contribution < 1.29 is 4.74 Å². The Morgan fingerprint density at radius 3 is 2.71 bits per heavy atom. The third-order valence-electron chi connectivity index (χ3n) is 2.59. The Labute approximate surface area is 91.8 Å².